The van der Waals surface area contributed by atoms with Gasteiger partial charge in [0.05, 0.1) is 6.10 Å². The quantitative estimate of drug-likeness (QED) is 0.732. The Morgan fingerprint density at radius 3 is 2.82 bits per heavy atom. The first-order chi connectivity index (χ1) is 13.7. The van der Waals surface area contributed by atoms with Crippen LogP contribution in [0.4, 0.5) is 0 Å². The van der Waals surface area contributed by atoms with Crippen LogP contribution >= 0.6 is 0 Å². The third-order valence-electron chi connectivity index (χ3n) is 7.24. The van der Waals surface area contributed by atoms with Crippen molar-refractivity contribution in [3.05, 3.63) is 47.1 Å². The van der Waals surface area contributed by atoms with E-state index < -0.39 is 0 Å². The molecule has 0 spiro atoms. The van der Waals surface area contributed by atoms with Crippen LogP contribution in [0.5, 0.6) is 0 Å². The van der Waals surface area contributed by atoms with E-state index in [0.29, 0.717) is 17.9 Å². The van der Waals surface area contributed by atoms with Gasteiger partial charge < -0.3 is 10.1 Å². The van der Waals surface area contributed by atoms with Crippen LogP contribution in [-0.4, -0.2) is 50.3 Å². The zero-order chi connectivity index (χ0) is 19.5. The first-order valence-electron chi connectivity index (χ1n) is 11.4. The van der Waals surface area contributed by atoms with E-state index in [0.717, 1.165) is 32.1 Å². The van der Waals surface area contributed by atoms with Crippen LogP contribution in [0, 0.1) is 17.8 Å². The van der Waals surface area contributed by atoms with Gasteiger partial charge in [0.15, 0.2) is 0 Å². The fourth-order valence-electron chi connectivity index (χ4n) is 5.39. The van der Waals surface area contributed by atoms with Crippen LogP contribution in [-0.2, 0) is 4.74 Å². The average molecular weight is 383 g/mol. The molecular weight excluding hydrogens is 344 g/mol. The highest BCUT2D eigenvalue weighted by atomic mass is 16.5. The van der Waals surface area contributed by atoms with Gasteiger partial charge in [-0.15, -0.1) is 0 Å². The van der Waals surface area contributed by atoms with Gasteiger partial charge in [0.2, 0.25) is 0 Å². The van der Waals surface area contributed by atoms with Crippen LogP contribution in [0.15, 0.2) is 47.1 Å². The lowest BCUT2D eigenvalue weighted by Crippen LogP contribution is -2.52. The van der Waals surface area contributed by atoms with Gasteiger partial charge in [-0.25, -0.2) is 0 Å². The van der Waals surface area contributed by atoms with Crippen LogP contribution in [0.2, 0.25) is 0 Å². The summed E-state index contributed by atoms with van der Waals surface area (Å²) < 4.78 is 5.86. The molecule has 3 nitrogen and oxygen atoms in total. The van der Waals surface area contributed by atoms with E-state index in [1.54, 1.807) is 11.1 Å². The largest absolute Gasteiger partial charge is 0.377 e. The van der Waals surface area contributed by atoms with Crippen molar-refractivity contribution < 1.29 is 4.74 Å². The van der Waals surface area contributed by atoms with E-state index in [4.69, 9.17) is 4.74 Å². The minimum atomic E-state index is 0.264. The molecule has 2 fully saturated rings. The molecule has 0 aromatic rings. The maximum Gasteiger partial charge on any atom is 0.0823 e. The highest BCUT2D eigenvalue weighted by Gasteiger charge is 2.33. The Balaban J connectivity index is 1.41. The van der Waals surface area contributed by atoms with Gasteiger partial charge in [0, 0.05) is 45.2 Å². The van der Waals surface area contributed by atoms with E-state index >= 15 is 0 Å². The molecule has 1 N–H and O–H groups in total. The second-order valence-electron chi connectivity index (χ2n) is 9.39. The van der Waals surface area contributed by atoms with E-state index in [9.17, 15) is 0 Å². The lowest BCUT2D eigenvalue weighted by atomic mass is 9.72. The van der Waals surface area contributed by atoms with Crippen molar-refractivity contribution in [2.45, 2.75) is 58.1 Å². The topological polar surface area (TPSA) is 24.5 Å². The van der Waals surface area contributed by atoms with Crippen molar-refractivity contribution in [3.8, 4) is 0 Å². The third kappa shape index (κ3) is 4.37. The Morgan fingerprint density at radius 1 is 1.25 bits per heavy atom. The first kappa shape index (κ1) is 20.1. The number of methoxy groups -OCH3 is 1. The standard InChI is InChI=1S/C25H38N2O/c1-18(2)21-9-4-5-10-23(21)24-17-27(14-13-26-24)16-19-11-12-22(20-7-6-8-20)25(15-19)28-3/h5,10-12,15,18,20,22,24-26H,4,6-9,13-14,16-17H2,1-3H3/t22?,24-,25?/m0/s1. The Kier molecular flexibility index (Phi) is 6.55. The second kappa shape index (κ2) is 9.11. The summed E-state index contributed by atoms with van der Waals surface area (Å²) in [4.78, 5) is 2.63. The maximum absolute atomic E-state index is 5.86. The van der Waals surface area contributed by atoms with Gasteiger partial charge in [0.25, 0.3) is 0 Å². The van der Waals surface area contributed by atoms with Gasteiger partial charge >= 0.3 is 0 Å². The smallest absolute Gasteiger partial charge is 0.0823 e. The molecular formula is C25H38N2O. The van der Waals surface area contributed by atoms with Gasteiger partial charge in [-0.2, -0.15) is 0 Å². The number of nitrogens with zero attached hydrogens (tertiary/aromatic N) is 1. The van der Waals surface area contributed by atoms with Crippen molar-refractivity contribution in [3.63, 3.8) is 0 Å². The SMILES string of the molecule is COC1C=C(CN2CCN[C@H](C3=C(C(C)C)CCC=C3)C2)C=CC1C1CCC1. The lowest BCUT2D eigenvalue weighted by molar-refractivity contribution is 0.0586. The summed E-state index contributed by atoms with van der Waals surface area (Å²) in [5.74, 6) is 2.07. The van der Waals surface area contributed by atoms with Crippen molar-refractivity contribution in [2.24, 2.45) is 17.8 Å². The minimum absolute atomic E-state index is 0.264. The van der Waals surface area contributed by atoms with E-state index in [1.807, 2.05) is 7.11 Å². The first-order valence-corrected chi connectivity index (χ1v) is 11.4. The molecule has 3 atom stereocenters. The van der Waals surface area contributed by atoms with Gasteiger partial charge in [-0.3, -0.25) is 4.90 Å². The summed E-state index contributed by atoms with van der Waals surface area (Å²) >= 11 is 0. The summed E-state index contributed by atoms with van der Waals surface area (Å²) in [5.41, 5.74) is 4.64. The lowest BCUT2D eigenvalue weighted by Gasteiger charge is -2.39. The summed E-state index contributed by atoms with van der Waals surface area (Å²) in [6.07, 6.45) is 18.8. The van der Waals surface area contributed by atoms with Gasteiger partial charge in [-0.05, 0) is 48.7 Å². The highest BCUT2D eigenvalue weighted by molar-refractivity contribution is 5.36. The zero-order valence-corrected chi connectivity index (χ0v) is 18.0. The van der Waals surface area contributed by atoms with Crippen LogP contribution in [0.3, 0.4) is 0 Å². The molecule has 0 bridgehead atoms. The summed E-state index contributed by atoms with van der Waals surface area (Å²) in [6.45, 7) is 9.03. The van der Waals surface area contributed by atoms with Crippen LogP contribution in [0.1, 0.15) is 46.0 Å². The van der Waals surface area contributed by atoms with Crippen molar-refractivity contribution >= 4 is 0 Å². The van der Waals surface area contributed by atoms with Gasteiger partial charge in [-0.1, -0.05) is 56.2 Å². The summed E-state index contributed by atoms with van der Waals surface area (Å²) in [5, 5.41) is 3.79. The molecule has 1 aliphatic heterocycles. The average Bonchev–Trinajstić information content (AvgIpc) is 2.68. The Morgan fingerprint density at radius 2 is 2.11 bits per heavy atom. The van der Waals surface area contributed by atoms with Crippen LogP contribution < -0.4 is 5.32 Å². The fourth-order valence-corrected chi connectivity index (χ4v) is 5.39. The summed E-state index contributed by atoms with van der Waals surface area (Å²) in [6, 6.07) is 0.469. The molecule has 1 saturated carbocycles. The van der Waals surface area contributed by atoms with E-state index in [2.05, 4.69) is 54.4 Å². The second-order valence-corrected chi connectivity index (χ2v) is 9.39. The van der Waals surface area contributed by atoms with Crippen molar-refractivity contribution in [1.82, 2.24) is 10.2 Å². The Hall–Kier alpha value is -1.16. The molecule has 3 aliphatic carbocycles. The molecule has 3 heteroatoms. The Labute approximate surface area is 171 Å². The monoisotopic (exact) mass is 382 g/mol. The Bertz CT molecular complexity index is 668. The number of piperazine rings is 1. The van der Waals surface area contributed by atoms with Crippen molar-refractivity contribution in [2.75, 3.05) is 33.3 Å². The number of ether oxygens (including phenoxy) is 1. The number of hydrogen-bond acceptors (Lipinski definition) is 3. The normalized spacial score (nSPS) is 32.0. The van der Waals surface area contributed by atoms with E-state index in [-0.39, 0.29) is 6.10 Å². The van der Waals surface area contributed by atoms with Gasteiger partial charge in [0.1, 0.15) is 0 Å². The molecule has 154 valence electrons. The van der Waals surface area contributed by atoms with Crippen molar-refractivity contribution in [1.29, 1.82) is 0 Å². The number of hydrogen-bond donors (Lipinski definition) is 1. The predicted molar refractivity (Wildman–Crippen MR) is 117 cm³/mol. The fraction of sp³-hybridized carbons (Fsp3) is 0.680. The maximum atomic E-state index is 5.86. The van der Waals surface area contributed by atoms with E-state index in [1.165, 1.54) is 37.7 Å². The molecule has 0 radical (unpaired) electrons. The molecule has 0 aromatic carbocycles. The summed E-state index contributed by atoms with van der Waals surface area (Å²) in [7, 11) is 1.87. The molecule has 0 amide bonds. The third-order valence-corrected chi connectivity index (χ3v) is 7.24. The number of allylic oxidation sites excluding steroid dienone is 2. The number of rotatable bonds is 6. The molecule has 4 aliphatic rings. The predicted octanol–water partition coefficient (Wildman–Crippen LogP) is 4.49. The molecule has 1 heterocycles. The minimum Gasteiger partial charge on any atom is -0.377 e. The molecule has 28 heavy (non-hydrogen) atoms. The highest BCUT2D eigenvalue weighted by Crippen LogP contribution is 2.39. The number of nitrogens with one attached hydrogen (secondary N) is 1. The molecule has 4 rings (SSSR count). The molecule has 2 unspecified atom stereocenters. The zero-order valence-electron chi connectivity index (χ0n) is 18.0. The molecule has 0 aromatic heterocycles. The molecule has 1 saturated heterocycles. The van der Waals surface area contributed by atoms with Crippen LogP contribution in [0.25, 0.3) is 0 Å².